The number of benzene rings is 1. The molecule has 1 aliphatic rings. The van der Waals surface area contributed by atoms with Crippen LogP contribution in [-0.2, 0) is 15.0 Å². The van der Waals surface area contributed by atoms with Gasteiger partial charge in [0.15, 0.2) is 6.29 Å². The quantitative estimate of drug-likeness (QED) is 0.445. The maximum atomic E-state index is 13.7. The summed E-state index contributed by atoms with van der Waals surface area (Å²) < 4.78 is 105. The summed E-state index contributed by atoms with van der Waals surface area (Å²) >= 11 is 0. The second kappa shape index (κ2) is 5.41. The molecule has 0 aromatic heterocycles. The Labute approximate surface area is 142 Å². The van der Waals surface area contributed by atoms with Gasteiger partial charge in [-0.15, -0.1) is 0 Å². The number of piperidine rings is 1. The standard InChI is InChI=1S/C14H13F8NO2S/c15-14(16,17)13(5-6-23-11(7-13)12(25)8-24)9-1-3-10(4-2-9)26(18,19,20,21)22/h1-4,8,11,23H,5-7H2. The predicted molar refractivity (Wildman–Crippen MR) is 77.7 cm³/mol. The van der Waals surface area contributed by atoms with Crippen molar-refractivity contribution in [2.24, 2.45) is 0 Å². The highest BCUT2D eigenvalue weighted by Crippen LogP contribution is 3.02. The van der Waals surface area contributed by atoms with E-state index in [1.54, 1.807) is 0 Å². The zero-order chi connectivity index (χ0) is 20.1. The Balaban J connectivity index is 2.53. The number of rotatable bonds is 4. The normalized spacial score (nSPS) is 27.3. The van der Waals surface area contributed by atoms with Gasteiger partial charge >= 0.3 is 16.4 Å². The molecule has 2 rings (SSSR count). The predicted octanol–water partition coefficient (Wildman–Crippen LogP) is 4.66. The Morgan fingerprint density at radius 3 is 2.08 bits per heavy atom. The van der Waals surface area contributed by atoms with Crippen LogP contribution in [0.1, 0.15) is 18.4 Å². The first-order valence-corrected chi connectivity index (χ1v) is 9.09. The molecule has 3 nitrogen and oxygen atoms in total. The van der Waals surface area contributed by atoms with Gasteiger partial charge in [0.2, 0.25) is 5.78 Å². The summed E-state index contributed by atoms with van der Waals surface area (Å²) in [5.41, 5.74) is -3.42. The summed E-state index contributed by atoms with van der Waals surface area (Å²) in [6.45, 7) is -0.340. The van der Waals surface area contributed by atoms with Gasteiger partial charge in [-0.2, -0.15) is 13.2 Å². The van der Waals surface area contributed by atoms with Gasteiger partial charge in [-0.25, -0.2) is 0 Å². The first kappa shape index (κ1) is 20.6. The molecule has 1 saturated heterocycles. The number of alkyl halides is 3. The molecule has 0 bridgehead atoms. The molecule has 0 radical (unpaired) electrons. The molecule has 1 heterocycles. The Kier molecular flexibility index (Phi) is 4.29. The summed E-state index contributed by atoms with van der Waals surface area (Å²) in [7, 11) is -10.0. The summed E-state index contributed by atoms with van der Waals surface area (Å²) in [5.74, 6) is -1.14. The molecule has 1 N–H and O–H groups in total. The van der Waals surface area contributed by atoms with Crippen LogP contribution in [0.5, 0.6) is 0 Å². The average molecular weight is 411 g/mol. The first-order valence-electron chi connectivity index (χ1n) is 7.14. The van der Waals surface area contributed by atoms with Crippen LogP contribution >= 0.6 is 10.2 Å². The molecule has 12 heteroatoms. The largest absolute Gasteiger partial charge is 0.398 e. The number of carbonyl (C=O) groups is 2. The smallest absolute Gasteiger partial charge is 0.307 e. The fraction of sp³-hybridized carbons (Fsp3) is 0.429. The van der Waals surface area contributed by atoms with Crippen molar-refractivity contribution in [3.05, 3.63) is 29.8 Å². The van der Waals surface area contributed by atoms with E-state index in [0.29, 0.717) is 12.1 Å². The van der Waals surface area contributed by atoms with E-state index in [0.717, 1.165) is 0 Å². The summed E-state index contributed by atoms with van der Waals surface area (Å²) in [6, 6.07) is -0.979. The van der Waals surface area contributed by atoms with Crippen molar-refractivity contribution >= 4 is 22.3 Å². The Morgan fingerprint density at radius 2 is 1.65 bits per heavy atom. The van der Waals surface area contributed by atoms with Crippen molar-refractivity contribution in [1.82, 2.24) is 5.32 Å². The van der Waals surface area contributed by atoms with Crippen LogP contribution in [-0.4, -0.2) is 30.8 Å². The Bertz CT molecular complexity index is 728. The molecule has 26 heavy (non-hydrogen) atoms. The maximum Gasteiger partial charge on any atom is 0.398 e. The highest BCUT2D eigenvalue weighted by molar-refractivity contribution is 8.45. The molecule has 0 spiro atoms. The van der Waals surface area contributed by atoms with Gasteiger partial charge in [-0.3, -0.25) is 9.59 Å². The third kappa shape index (κ3) is 3.85. The van der Waals surface area contributed by atoms with Crippen LogP contribution in [0.4, 0.5) is 32.6 Å². The summed E-state index contributed by atoms with van der Waals surface area (Å²) in [4.78, 5) is 19.7. The fourth-order valence-corrected chi connectivity index (χ4v) is 3.63. The molecular weight excluding hydrogens is 398 g/mol. The first-order chi connectivity index (χ1) is 11.5. The van der Waals surface area contributed by atoms with Crippen LogP contribution < -0.4 is 5.32 Å². The van der Waals surface area contributed by atoms with Gasteiger partial charge in [-0.1, -0.05) is 31.6 Å². The highest BCUT2D eigenvalue weighted by Gasteiger charge is 2.65. The minimum atomic E-state index is -10.0. The van der Waals surface area contributed by atoms with Gasteiger partial charge in [0.25, 0.3) is 0 Å². The van der Waals surface area contributed by atoms with E-state index in [4.69, 9.17) is 0 Å². The third-order valence-electron chi connectivity index (χ3n) is 4.35. The molecule has 1 aromatic carbocycles. The van der Waals surface area contributed by atoms with E-state index in [2.05, 4.69) is 5.32 Å². The zero-order valence-electron chi connectivity index (χ0n) is 12.8. The monoisotopic (exact) mass is 411 g/mol. The molecule has 1 aliphatic heterocycles. The number of aldehydes is 1. The van der Waals surface area contributed by atoms with Crippen molar-refractivity contribution in [1.29, 1.82) is 0 Å². The van der Waals surface area contributed by atoms with Gasteiger partial charge in [0.05, 0.1) is 11.5 Å². The highest BCUT2D eigenvalue weighted by atomic mass is 32.5. The molecule has 0 aliphatic carbocycles. The van der Waals surface area contributed by atoms with Crippen LogP contribution in [0, 0.1) is 0 Å². The number of hydrogen-bond acceptors (Lipinski definition) is 3. The molecule has 2 atom stereocenters. The fourth-order valence-electron chi connectivity index (χ4n) is 2.98. The number of carbonyl (C=O) groups excluding carboxylic acids is 2. The van der Waals surface area contributed by atoms with Crippen LogP contribution in [0.3, 0.4) is 0 Å². The maximum absolute atomic E-state index is 13.7. The van der Waals surface area contributed by atoms with E-state index >= 15 is 0 Å². The lowest BCUT2D eigenvalue weighted by atomic mass is 9.69. The lowest BCUT2D eigenvalue weighted by Gasteiger charge is -2.43. The van der Waals surface area contributed by atoms with E-state index in [9.17, 15) is 42.2 Å². The molecule has 1 aromatic rings. The van der Waals surface area contributed by atoms with Gasteiger partial charge < -0.3 is 5.32 Å². The molecular formula is C14H13F8NO2S. The number of hydrogen-bond donors (Lipinski definition) is 1. The minimum Gasteiger partial charge on any atom is -0.307 e. The Morgan fingerprint density at radius 1 is 1.12 bits per heavy atom. The van der Waals surface area contributed by atoms with E-state index < -0.39 is 56.9 Å². The van der Waals surface area contributed by atoms with Crippen LogP contribution in [0.15, 0.2) is 29.2 Å². The van der Waals surface area contributed by atoms with Crippen molar-refractivity contribution < 1.29 is 42.2 Å². The SMILES string of the molecule is O=CC(=O)C1CC(c2ccc(S(F)(F)(F)(F)F)cc2)(C(F)(F)F)CCN1. The molecule has 148 valence electrons. The molecule has 2 unspecified atom stereocenters. The lowest BCUT2D eigenvalue weighted by molar-refractivity contribution is -0.200. The third-order valence-corrected chi connectivity index (χ3v) is 5.51. The summed E-state index contributed by atoms with van der Waals surface area (Å²) in [5, 5.41) is 2.44. The zero-order valence-corrected chi connectivity index (χ0v) is 13.7. The van der Waals surface area contributed by atoms with E-state index in [1.165, 1.54) is 0 Å². The van der Waals surface area contributed by atoms with Crippen molar-refractivity contribution in [2.45, 2.75) is 35.4 Å². The van der Waals surface area contributed by atoms with Crippen molar-refractivity contribution in [3.8, 4) is 0 Å². The van der Waals surface area contributed by atoms with Crippen molar-refractivity contribution in [3.63, 3.8) is 0 Å². The van der Waals surface area contributed by atoms with E-state index in [-0.39, 0.29) is 25.0 Å². The van der Waals surface area contributed by atoms with Crippen molar-refractivity contribution in [2.75, 3.05) is 6.54 Å². The number of ketones is 1. The number of nitrogens with one attached hydrogen (secondary N) is 1. The van der Waals surface area contributed by atoms with Gasteiger partial charge in [0.1, 0.15) is 4.90 Å². The molecule has 0 amide bonds. The topological polar surface area (TPSA) is 46.2 Å². The second-order valence-corrected chi connectivity index (χ2v) is 8.46. The average Bonchev–Trinajstić information content (AvgIpc) is 2.51. The molecule has 0 saturated carbocycles. The van der Waals surface area contributed by atoms with Crippen LogP contribution in [0.25, 0.3) is 0 Å². The second-order valence-electron chi connectivity index (χ2n) is 6.05. The van der Waals surface area contributed by atoms with Gasteiger partial charge in [0, 0.05) is 0 Å². The lowest BCUT2D eigenvalue weighted by Crippen LogP contribution is -2.56. The minimum absolute atomic E-state index is 0.0943. The Hall–Kier alpha value is -1.69. The molecule has 1 fully saturated rings. The number of Topliss-reactive ketones (excluding diaryl/α,β-unsaturated/α-hetero) is 1. The van der Waals surface area contributed by atoms with E-state index in [1.807, 2.05) is 0 Å². The van der Waals surface area contributed by atoms with Crippen LogP contribution in [0.2, 0.25) is 0 Å². The van der Waals surface area contributed by atoms with Gasteiger partial charge in [-0.05, 0) is 37.1 Å². The number of halogens is 8. The summed E-state index contributed by atoms with van der Waals surface area (Å²) in [6.07, 6.45) is -6.69.